The molecule has 130 valence electrons. The average molecular weight is 331 g/mol. The predicted octanol–water partition coefficient (Wildman–Crippen LogP) is 3.45. The Morgan fingerprint density at radius 3 is 2.54 bits per heavy atom. The normalized spacial score (nSPS) is 12.2. The van der Waals surface area contributed by atoms with Gasteiger partial charge in [-0.2, -0.15) is 5.10 Å². The van der Waals surface area contributed by atoms with Crippen LogP contribution >= 0.6 is 0 Å². The summed E-state index contributed by atoms with van der Waals surface area (Å²) in [6.07, 6.45) is 1.94. The van der Waals surface area contributed by atoms with Gasteiger partial charge in [0, 0.05) is 13.0 Å². The molecule has 0 saturated heterocycles. The molecule has 2 aromatic rings. The molecule has 0 saturated carbocycles. The van der Waals surface area contributed by atoms with E-state index in [-0.39, 0.29) is 11.5 Å². The Balaban J connectivity index is 2.35. The molecule has 2 aromatic heterocycles. The van der Waals surface area contributed by atoms with Crippen molar-refractivity contribution in [3.8, 4) is 0 Å². The van der Waals surface area contributed by atoms with Gasteiger partial charge in [0.2, 0.25) is 0 Å². The summed E-state index contributed by atoms with van der Waals surface area (Å²) in [5.41, 5.74) is 2.25. The topological polar surface area (TPSA) is 77.1 Å². The lowest BCUT2D eigenvalue weighted by atomic mass is 10.0. The molecule has 1 atom stereocenters. The fraction of sp³-hybridized carbons (Fsp3) is 0.500. The molecule has 6 heteroatoms. The summed E-state index contributed by atoms with van der Waals surface area (Å²) in [5, 5.41) is 7.05. The summed E-state index contributed by atoms with van der Waals surface area (Å²) < 4.78 is 7.08. The molecule has 1 amide bonds. The Morgan fingerprint density at radius 2 is 2.04 bits per heavy atom. The second-order valence-electron chi connectivity index (χ2n) is 6.31. The van der Waals surface area contributed by atoms with Crippen LogP contribution in [-0.4, -0.2) is 15.7 Å². The van der Waals surface area contributed by atoms with Gasteiger partial charge in [-0.15, -0.1) is 0 Å². The van der Waals surface area contributed by atoms with Gasteiger partial charge in [0.15, 0.2) is 0 Å². The maximum Gasteiger partial charge on any atom is 0.349 e. The minimum atomic E-state index is -0.593. The van der Waals surface area contributed by atoms with Crippen LogP contribution in [0.5, 0.6) is 0 Å². The van der Waals surface area contributed by atoms with Gasteiger partial charge >= 0.3 is 5.63 Å². The van der Waals surface area contributed by atoms with Gasteiger partial charge in [-0.1, -0.05) is 20.3 Å². The molecule has 1 unspecified atom stereocenters. The number of nitrogens with zero attached hydrogens (tertiary/aromatic N) is 2. The van der Waals surface area contributed by atoms with Crippen LogP contribution in [0.25, 0.3) is 0 Å². The number of carbonyl (C=O) groups is 1. The van der Waals surface area contributed by atoms with Gasteiger partial charge < -0.3 is 9.73 Å². The zero-order valence-electron chi connectivity index (χ0n) is 15.2. The smallest absolute Gasteiger partial charge is 0.349 e. The number of hydrogen-bond acceptors (Lipinski definition) is 4. The van der Waals surface area contributed by atoms with Crippen LogP contribution in [0.15, 0.2) is 15.3 Å². The van der Waals surface area contributed by atoms with Crippen molar-refractivity contribution in [1.82, 2.24) is 9.78 Å². The van der Waals surface area contributed by atoms with E-state index >= 15 is 0 Å². The van der Waals surface area contributed by atoms with Crippen LogP contribution in [0, 0.1) is 20.8 Å². The van der Waals surface area contributed by atoms with E-state index in [2.05, 4.69) is 17.3 Å². The van der Waals surface area contributed by atoms with Crippen molar-refractivity contribution in [2.75, 3.05) is 5.32 Å². The highest BCUT2D eigenvalue weighted by molar-refractivity contribution is 6.05. The molecule has 0 spiro atoms. The number of amides is 1. The largest absolute Gasteiger partial charge is 0.427 e. The molecule has 0 aliphatic rings. The lowest BCUT2D eigenvalue weighted by molar-refractivity contribution is 0.102. The van der Waals surface area contributed by atoms with Crippen molar-refractivity contribution in [2.24, 2.45) is 7.05 Å². The molecule has 6 nitrogen and oxygen atoms in total. The Bertz CT molecular complexity index is 818. The number of hydrogen-bond donors (Lipinski definition) is 1. The molecule has 24 heavy (non-hydrogen) atoms. The minimum Gasteiger partial charge on any atom is -0.427 e. The SMILES string of the molecule is CCCC(C)c1cc(C)c(C(=O)Nc2c(C)nn(C)c2C)c(=O)o1. The van der Waals surface area contributed by atoms with Crippen molar-refractivity contribution < 1.29 is 9.21 Å². The lowest BCUT2D eigenvalue weighted by Gasteiger charge is -2.12. The summed E-state index contributed by atoms with van der Waals surface area (Å²) in [4.78, 5) is 24.9. The van der Waals surface area contributed by atoms with Gasteiger partial charge in [-0.3, -0.25) is 9.48 Å². The van der Waals surface area contributed by atoms with Crippen molar-refractivity contribution in [3.05, 3.63) is 44.8 Å². The molecule has 0 fully saturated rings. The van der Waals surface area contributed by atoms with E-state index in [4.69, 9.17) is 4.42 Å². The molecule has 0 bridgehead atoms. The zero-order valence-corrected chi connectivity index (χ0v) is 15.2. The van der Waals surface area contributed by atoms with Gasteiger partial charge in [0.05, 0.1) is 17.1 Å². The van der Waals surface area contributed by atoms with E-state index in [1.807, 2.05) is 27.8 Å². The maximum absolute atomic E-state index is 12.6. The van der Waals surface area contributed by atoms with Gasteiger partial charge in [0.1, 0.15) is 11.3 Å². The van der Waals surface area contributed by atoms with Crippen LogP contribution in [0.4, 0.5) is 5.69 Å². The molecule has 1 N–H and O–H groups in total. The van der Waals surface area contributed by atoms with E-state index in [0.717, 1.165) is 18.5 Å². The Kier molecular flexibility index (Phi) is 5.26. The molecular weight excluding hydrogens is 306 g/mol. The lowest BCUT2D eigenvalue weighted by Crippen LogP contribution is -2.23. The predicted molar refractivity (Wildman–Crippen MR) is 93.7 cm³/mol. The monoisotopic (exact) mass is 331 g/mol. The van der Waals surface area contributed by atoms with Crippen LogP contribution < -0.4 is 10.9 Å². The van der Waals surface area contributed by atoms with Gasteiger partial charge in [0.25, 0.3) is 5.91 Å². The fourth-order valence-corrected chi connectivity index (χ4v) is 2.85. The first kappa shape index (κ1) is 18.0. The molecule has 2 rings (SSSR count). The highest BCUT2D eigenvalue weighted by atomic mass is 16.4. The number of carbonyl (C=O) groups excluding carboxylic acids is 1. The maximum atomic E-state index is 12.6. The first-order valence-corrected chi connectivity index (χ1v) is 8.22. The van der Waals surface area contributed by atoms with Crippen molar-refractivity contribution >= 4 is 11.6 Å². The quantitative estimate of drug-likeness (QED) is 0.910. The fourth-order valence-electron chi connectivity index (χ4n) is 2.85. The first-order chi connectivity index (χ1) is 11.3. The summed E-state index contributed by atoms with van der Waals surface area (Å²) in [6, 6.07) is 1.79. The van der Waals surface area contributed by atoms with E-state index in [1.54, 1.807) is 17.7 Å². The molecule has 0 radical (unpaired) electrons. The highest BCUT2D eigenvalue weighted by Crippen LogP contribution is 2.23. The number of aromatic nitrogens is 2. The zero-order chi connectivity index (χ0) is 18.0. The van der Waals surface area contributed by atoms with Crippen LogP contribution in [0.2, 0.25) is 0 Å². The van der Waals surface area contributed by atoms with E-state index < -0.39 is 11.5 Å². The second-order valence-corrected chi connectivity index (χ2v) is 6.31. The third-order valence-corrected chi connectivity index (χ3v) is 4.35. The third-order valence-electron chi connectivity index (χ3n) is 4.35. The summed E-state index contributed by atoms with van der Waals surface area (Å²) >= 11 is 0. The number of anilines is 1. The molecule has 0 aliphatic heterocycles. The number of rotatable bonds is 5. The Hall–Kier alpha value is -2.37. The summed E-state index contributed by atoms with van der Waals surface area (Å²) in [7, 11) is 1.81. The average Bonchev–Trinajstić information content (AvgIpc) is 2.73. The Morgan fingerprint density at radius 1 is 1.38 bits per heavy atom. The van der Waals surface area contributed by atoms with E-state index in [9.17, 15) is 9.59 Å². The minimum absolute atomic E-state index is 0.0464. The summed E-state index contributed by atoms with van der Waals surface area (Å²) in [6.45, 7) is 9.54. The van der Waals surface area contributed by atoms with Gasteiger partial charge in [-0.25, -0.2) is 4.79 Å². The molecule has 0 aromatic carbocycles. The van der Waals surface area contributed by atoms with Crippen LogP contribution in [0.3, 0.4) is 0 Å². The molecule has 0 aliphatic carbocycles. The Labute approximate surface area is 141 Å². The van der Waals surface area contributed by atoms with Crippen molar-refractivity contribution in [3.63, 3.8) is 0 Å². The second kappa shape index (κ2) is 7.03. The first-order valence-electron chi connectivity index (χ1n) is 8.22. The number of aryl methyl sites for hydroxylation is 3. The standard InChI is InChI=1S/C18H25N3O3/c1-7-8-10(2)14-9-11(3)15(18(23)24-14)17(22)19-16-12(4)20-21(6)13(16)5/h9-10H,7-8H2,1-6H3,(H,19,22). The highest BCUT2D eigenvalue weighted by Gasteiger charge is 2.21. The van der Waals surface area contributed by atoms with Gasteiger partial charge in [-0.05, 0) is 38.8 Å². The van der Waals surface area contributed by atoms with Crippen LogP contribution in [0.1, 0.15) is 65.7 Å². The van der Waals surface area contributed by atoms with E-state index in [0.29, 0.717) is 22.7 Å². The summed E-state index contributed by atoms with van der Waals surface area (Å²) in [5.74, 6) is 0.320. The van der Waals surface area contributed by atoms with Crippen molar-refractivity contribution in [2.45, 2.75) is 53.4 Å². The van der Waals surface area contributed by atoms with Crippen LogP contribution in [-0.2, 0) is 7.05 Å². The van der Waals surface area contributed by atoms with E-state index in [1.165, 1.54) is 0 Å². The molecular formula is C18H25N3O3. The molecule has 2 heterocycles. The third kappa shape index (κ3) is 3.42. The van der Waals surface area contributed by atoms with Crippen molar-refractivity contribution in [1.29, 1.82) is 0 Å². The number of nitrogens with one attached hydrogen (secondary N) is 1.